The molecule has 0 spiro atoms. The largest absolute Gasteiger partial charge is 0.328 e. The second-order valence-corrected chi connectivity index (χ2v) is 7.89. The Morgan fingerprint density at radius 2 is 1.91 bits per heavy atom. The van der Waals surface area contributed by atoms with Crippen molar-refractivity contribution in [2.45, 2.75) is 37.1 Å². The molecule has 2 heterocycles. The van der Waals surface area contributed by atoms with Crippen LogP contribution in [0.1, 0.15) is 25.3 Å². The maximum atomic E-state index is 12.8. The highest BCUT2D eigenvalue weighted by molar-refractivity contribution is 7.89. The maximum absolute atomic E-state index is 12.8. The summed E-state index contributed by atoms with van der Waals surface area (Å²) in [5, 5.41) is 0. The first-order valence-electron chi connectivity index (χ1n) is 7.56. The summed E-state index contributed by atoms with van der Waals surface area (Å²) in [4.78, 5) is 13.6. The summed E-state index contributed by atoms with van der Waals surface area (Å²) >= 11 is 0. The van der Waals surface area contributed by atoms with E-state index in [2.05, 4.69) is 0 Å². The van der Waals surface area contributed by atoms with Crippen LogP contribution < -0.4 is 10.6 Å². The molecule has 120 valence electrons. The van der Waals surface area contributed by atoms with Crippen molar-refractivity contribution in [1.29, 1.82) is 0 Å². The zero-order chi connectivity index (χ0) is 15.9. The lowest BCUT2D eigenvalue weighted by atomic mass is 10.1. The highest BCUT2D eigenvalue weighted by atomic mass is 32.2. The first-order valence-corrected chi connectivity index (χ1v) is 9.00. The standard InChI is InChI=1S/C15H21N3O3S/c1-11(19)18-9-4-12-2-3-14(10-15(12)18)22(20,21)17-7-5-13(16)6-8-17/h2-3,10,13H,4-9,16H2,1H3. The third-order valence-electron chi connectivity index (χ3n) is 4.47. The molecule has 2 aliphatic rings. The van der Waals surface area contributed by atoms with Crippen molar-refractivity contribution in [3.8, 4) is 0 Å². The molecule has 2 N–H and O–H groups in total. The lowest BCUT2D eigenvalue weighted by Crippen LogP contribution is -2.42. The van der Waals surface area contributed by atoms with E-state index in [0.717, 1.165) is 17.7 Å². The summed E-state index contributed by atoms with van der Waals surface area (Å²) < 4.78 is 27.0. The Morgan fingerprint density at radius 3 is 2.55 bits per heavy atom. The highest BCUT2D eigenvalue weighted by Crippen LogP contribution is 2.32. The number of carbonyl (C=O) groups is 1. The summed E-state index contributed by atoms with van der Waals surface area (Å²) in [5.74, 6) is -0.0581. The fraction of sp³-hybridized carbons (Fsp3) is 0.533. The first-order chi connectivity index (χ1) is 10.4. The molecule has 1 amide bonds. The van der Waals surface area contributed by atoms with Gasteiger partial charge in [0.25, 0.3) is 0 Å². The molecule has 0 aromatic heterocycles. The van der Waals surface area contributed by atoms with Crippen molar-refractivity contribution in [2.24, 2.45) is 5.73 Å². The smallest absolute Gasteiger partial charge is 0.243 e. The molecule has 7 heteroatoms. The van der Waals surface area contributed by atoms with E-state index in [1.807, 2.05) is 6.07 Å². The molecule has 0 radical (unpaired) electrons. The van der Waals surface area contributed by atoms with E-state index >= 15 is 0 Å². The van der Waals surface area contributed by atoms with Gasteiger partial charge in [0.05, 0.1) is 4.90 Å². The summed E-state index contributed by atoms with van der Waals surface area (Å²) in [7, 11) is -3.52. The number of nitrogens with two attached hydrogens (primary N) is 1. The minimum Gasteiger partial charge on any atom is -0.328 e. The molecule has 0 saturated carbocycles. The third kappa shape index (κ3) is 2.64. The Kier molecular flexibility index (Phi) is 3.96. The number of carbonyl (C=O) groups excluding carboxylic acids is 1. The van der Waals surface area contributed by atoms with Crippen LogP contribution in [0.4, 0.5) is 5.69 Å². The van der Waals surface area contributed by atoms with Crippen molar-refractivity contribution in [3.05, 3.63) is 23.8 Å². The number of anilines is 1. The van der Waals surface area contributed by atoms with E-state index in [9.17, 15) is 13.2 Å². The Balaban J connectivity index is 1.92. The van der Waals surface area contributed by atoms with E-state index in [0.29, 0.717) is 32.5 Å². The van der Waals surface area contributed by atoms with Crippen molar-refractivity contribution < 1.29 is 13.2 Å². The molecular weight excluding hydrogens is 302 g/mol. The molecule has 6 nitrogen and oxygen atoms in total. The average molecular weight is 323 g/mol. The summed E-state index contributed by atoms with van der Waals surface area (Å²) in [6, 6.07) is 5.18. The Bertz CT molecular complexity index is 694. The second-order valence-electron chi connectivity index (χ2n) is 5.95. The number of hydrogen-bond donors (Lipinski definition) is 1. The Morgan fingerprint density at radius 1 is 1.23 bits per heavy atom. The van der Waals surface area contributed by atoms with Crippen LogP contribution >= 0.6 is 0 Å². The summed E-state index contributed by atoms with van der Waals surface area (Å²) in [6.07, 6.45) is 2.14. The zero-order valence-corrected chi connectivity index (χ0v) is 13.5. The molecule has 1 aromatic carbocycles. The van der Waals surface area contributed by atoms with Gasteiger partial charge in [0, 0.05) is 38.3 Å². The van der Waals surface area contributed by atoms with Gasteiger partial charge in [0.15, 0.2) is 0 Å². The van der Waals surface area contributed by atoms with Gasteiger partial charge in [-0.05, 0) is 37.0 Å². The van der Waals surface area contributed by atoms with Crippen LogP contribution in [0.3, 0.4) is 0 Å². The molecule has 0 bridgehead atoms. The van der Waals surface area contributed by atoms with Crippen LogP contribution in [0.15, 0.2) is 23.1 Å². The van der Waals surface area contributed by atoms with E-state index in [-0.39, 0.29) is 16.8 Å². The third-order valence-corrected chi connectivity index (χ3v) is 6.36. The molecule has 0 atom stereocenters. The van der Waals surface area contributed by atoms with Crippen LogP contribution in [0.5, 0.6) is 0 Å². The van der Waals surface area contributed by atoms with E-state index in [4.69, 9.17) is 5.73 Å². The number of sulfonamides is 1. The van der Waals surface area contributed by atoms with Crippen LogP contribution in [-0.4, -0.2) is 44.3 Å². The van der Waals surface area contributed by atoms with Gasteiger partial charge in [0.1, 0.15) is 0 Å². The molecule has 1 saturated heterocycles. The summed E-state index contributed by atoms with van der Waals surface area (Å²) in [6.45, 7) is 3.03. The quantitative estimate of drug-likeness (QED) is 0.869. The molecule has 3 rings (SSSR count). The number of hydrogen-bond acceptors (Lipinski definition) is 4. The Hall–Kier alpha value is -1.44. The van der Waals surface area contributed by atoms with E-state index in [1.54, 1.807) is 17.0 Å². The number of piperidine rings is 1. The number of fused-ring (bicyclic) bond motifs is 1. The zero-order valence-electron chi connectivity index (χ0n) is 12.7. The van der Waals surface area contributed by atoms with Gasteiger partial charge in [-0.3, -0.25) is 4.79 Å². The van der Waals surface area contributed by atoms with E-state index in [1.165, 1.54) is 11.2 Å². The molecule has 0 aliphatic carbocycles. The molecule has 1 fully saturated rings. The van der Waals surface area contributed by atoms with Crippen LogP contribution in [-0.2, 0) is 21.2 Å². The SMILES string of the molecule is CC(=O)N1CCc2ccc(S(=O)(=O)N3CCC(N)CC3)cc21. The van der Waals surface area contributed by atoms with Crippen molar-refractivity contribution >= 4 is 21.6 Å². The topological polar surface area (TPSA) is 83.7 Å². The number of nitrogens with zero attached hydrogens (tertiary/aromatic N) is 2. The monoisotopic (exact) mass is 323 g/mol. The van der Waals surface area contributed by atoms with Gasteiger partial charge in [-0.2, -0.15) is 4.31 Å². The van der Waals surface area contributed by atoms with Crippen molar-refractivity contribution in [1.82, 2.24) is 4.31 Å². The number of amides is 1. The van der Waals surface area contributed by atoms with Gasteiger partial charge >= 0.3 is 0 Å². The average Bonchev–Trinajstić information content (AvgIpc) is 2.90. The van der Waals surface area contributed by atoms with Crippen molar-refractivity contribution in [3.63, 3.8) is 0 Å². The minimum atomic E-state index is -3.52. The molecular formula is C15H21N3O3S. The first kappa shape index (κ1) is 15.5. The van der Waals surface area contributed by atoms with Crippen LogP contribution in [0.25, 0.3) is 0 Å². The van der Waals surface area contributed by atoms with Gasteiger partial charge in [-0.1, -0.05) is 6.07 Å². The van der Waals surface area contributed by atoms with Crippen LogP contribution in [0, 0.1) is 0 Å². The van der Waals surface area contributed by atoms with Crippen molar-refractivity contribution in [2.75, 3.05) is 24.5 Å². The fourth-order valence-electron chi connectivity index (χ4n) is 3.11. The number of rotatable bonds is 2. The summed E-state index contributed by atoms with van der Waals surface area (Å²) in [5.41, 5.74) is 7.59. The predicted molar refractivity (Wildman–Crippen MR) is 84.1 cm³/mol. The molecule has 2 aliphatic heterocycles. The maximum Gasteiger partial charge on any atom is 0.243 e. The Labute approximate surface area is 130 Å². The lowest BCUT2D eigenvalue weighted by molar-refractivity contribution is -0.116. The second kappa shape index (κ2) is 5.64. The van der Waals surface area contributed by atoms with Gasteiger partial charge < -0.3 is 10.6 Å². The molecule has 22 heavy (non-hydrogen) atoms. The minimum absolute atomic E-state index is 0.0581. The highest BCUT2D eigenvalue weighted by Gasteiger charge is 2.30. The van der Waals surface area contributed by atoms with Gasteiger partial charge in [0.2, 0.25) is 15.9 Å². The van der Waals surface area contributed by atoms with E-state index < -0.39 is 10.0 Å². The predicted octanol–water partition coefficient (Wildman–Crippen LogP) is 0.707. The van der Waals surface area contributed by atoms with Crippen LogP contribution in [0.2, 0.25) is 0 Å². The number of benzene rings is 1. The fourth-order valence-corrected chi connectivity index (χ4v) is 4.60. The lowest BCUT2D eigenvalue weighted by Gasteiger charge is -2.29. The van der Waals surface area contributed by atoms with Gasteiger partial charge in [-0.25, -0.2) is 8.42 Å². The molecule has 0 unspecified atom stereocenters. The van der Waals surface area contributed by atoms with Gasteiger partial charge in [-0.15, -0.1) is 0 Å². The molecule has 1 aromatic rings. The normalized spacial score (nSPS) is 20.2.